The lowest BCUT2D eigenvalue weighted by Gasteiger charge is -2.16. The Labute approximate surface area is 110 Å². The monoisotopic (exact) mass is 252 g/mol. The van der Waals surface area contributed by atoms with Crippen molar-refractivity contribution in [1.82, 2.24) is 14.9 Å². The summed E-state index contributed by atoms with van der Waals surface area (Å²) in [6.45, 7) is 7.48. The molecule has 1 heterocycles. The molecule has 5 nitrogen and oxygen atoms in total. The van der Waals surface area contributed by atoms with Gasteiger partial charge < -0.3 is 10.1 Å². The first-order valence-electron chi connectivity index (χ1n) is 6.41. The Morgan fingerprint density at radius 3 is 2.83 bits per heavy atom. The van der Waals surface area contributed by atoms with Crippen molar-refractivity contribution in [2.45, 2.75) is 26.8 Å². The minimum atomic E-state index is 0.768. The van der Waals surface area contributed by atoms with Gasteiger partial charge in [0.2, 0.25) is 0 Å². The van der Waals surface area contributed by atoms with Crippen molar-refractivity contribution in [1.29, 1.82) is 0 Å². The Morgan fingerprint density at radius 2 is 2.17 bits per heavy atom. The van der Waals surface area contributed by atoms with Crippen LogP contribution in [0.4, 0.5) is 5.82 Å². The molecule has 0 unspecified atom stereocenters. The summed E-state index contributed by atoms with van der Waals surface area (Å²) >= 11 is 0. The number of anilines is 1. The van der Waals surface area contributed by atoms with Gasteiger partial charge in [0, 0.05) is 38.6 Å². The van der Waals surface area contributed by atoms with E-state index in [1.165, 1.54) is 0 Å². The van der Waals surface area contributed by atoms with Crippen LogP contribution in [0.2, 0.25) is 0 Å². The standard InChI is InChI=1S/C13H24N4O/c1-5-14-12-9-11(2)15-13(16-12)10-17(3)7-6-8-18-4/h9H,5-8,10H2,1-4H3,(H,14,15,16). The van der Waals surface area contributed by atoms with Gasteiger partial charge in [0.25, 0.3) is 0 Å². The molecule has 0 bridgehead atoms. The van der Waals surface area contributed by atoms with Crippen LogP contribution < -0.4 is 5.32 Å². The fraction of sp³-hybridized carbons (Fsp3) is 0.692. The molecule has 102 valence electrons. The van der Waals surface area contributed by atoms with Gasteiger partial charge in [0.15, 0.2) is 0 Å². The fourth-order valence-corrected chi connectivity index (χ4v) is 1.77. The molecular formula is C13H24N4O. The van der Waals surface area contributed by atoms with Crippen molar-refractivity contribution >= 4 is 5.82 Å². The molecule has 0 saturated heterocycles. The van der Waals surface area contributed by atoms with E-state index in [-0.39, 0.29) is 0 Å². The van der Waals surface area contributed by atoms with Crippen LogP contribution >= 0.6 is 0 Å². The summed E-state index contributed by atoms with van der Waals surface area (Å²) in [5, 5.41) is 3.22. The third-order valence-electron chi connectivity index (χ3n) is 2.56. The molecule has 0 atom stereocenters. The van der Waals surface area contributed by atoms with Gasteiger partial charge >= 0.3 is 0 Å². The van der Waals surface area contributed by atoms with E-state index in [2.05, 4.69) is 34.2 Å². The van der Waals surface area contributed by atoms with E-state index in [0.29, 0.717) is 0 Å². The molecule has 1 aromatic heterocycles. The zero-order valence-electron chi connectivity index (χ0n) is 11.9. The summed E-state index contributed by atoms with van der Waals surface area (Å²) in [5.74, 6) is 1.77. The Balaban J connectivity index is 2.54. The summed E-state index contributed by atoms with van der Waals surface area (Å²) in [7, 11) is 3.81. The summed E-state index contributed by atoms with van der Waals surface area (Å²) in [4.78, 5) is 11.2. The first-order valence-corrected chi connectivity index (χ1v) is 6.41. The second-order valence-electron chi connectivity index (χ2n) is 4.43. The van der Waals surface area contributed by atoms with Crippen LogP contribution in [0.1, 0.15) is 24.9 Å². The minimum absolute atomic E-state index is 0.768. The number of hydrogen-bond acceptors (Lipinski definition) is 5. The average Bonchev–Trinajstić information content (AvgIpc) is 2.28. The van der Waals surface area contributed by atoms with Crippen LogP contribution in [0.25, 0.3) is 0 Å². The quantitative estimate of drug-likeness (QED) is 0.713. The van der Waals surface area contributed by atoms with Gasteiger partial charge in [0.1, 0.15) is 11.6 Å². The van der Waals surface area contributed by atoms with Gasteiger partial charge in [-0.1, -0.05) is 0 Å². The molecule has 0 aliphatic heterocycles. The zero-order valence-corrected chi connectivity index (χ0v) is 11.9. The summed E-state index contributed by atoms with van der Waals surface area (Å²) < 4.78 is 5.04. The molecular weight excluding hydrogens is 228 g/mol. The van der Waals surface area contributed by atoms with Crippen molar-refractivity contribution in [3.05, 3.63) is 17.6 Å². The number of aryl methyl sites for hydroxylation is 1. The van der Waals surface area contributed by atoms with Crippen molar-refractivity contribution in [2.75, 3.05) is 39.2 Å². The van der Waals surface area contributed by atoms with Crippen LogP contribution in [0.15, 0.2) is 6.07 Å². The Bertz CT molecular complexity index is 357. The largest absolute Gasteiger partial charge is 0.385 e. The van der Waals surface area contributed by atoms with E-state index in [0.717, 1.165) is 50.0 Å². The van der Waals surface area contributed by atoms with Gasteiger partial charge in [0.05, 0.1) is 6.54 Å². The van der Waals surface area contributed by atoms with Crippen LogP contribution in [0.5, 0.6) is 0 Å². The van der Waals surface area contributed by atoms with E-state index in [1.54, 1.807) is 7.11 Å². The number of rotatable bonds is 8. The molecule has 5 heteroatoms. The molecule has 1 rings (SSSR count). The Hall–Kier alpha value is -1.20. The second kappa shape index (κ2) is 8.00. The third-order valence-corrected chi connectivity index (χ3v) is 2.56. The van der Waals surface area contributed by atoms with Gasteiger partial charge in [-0.2, -0.15) is 0 Å². The lowest BCUT2D eigenvalue weighted by atomic mass is 10.3. The fourth-order valence-electron chi connectivity index (χ4n) is 1.77. The summed E-state index contributed by atoms with van der Waals surface area (Å²) in [6, 6.07) is 1.97. The van der Waals surface area contributed by atoms with Crippen LogP contribution in [0.3, 0.4) is 0 Å². The van der Waals surface area contributed by atoms with Gasteiger partial charge in [-0.3, -0.25) is 4.90 Å². The number of nitrogens with one attached hydrogen (secondary N) is 1. The van der Waals surface area contributed by atoms with E-state index >= 15 is 0 Å². The highest BCUT2D eigenvalue weighted by Gasteiger charge is 2.05. The second-order valence-corrected chi connectivity index (χ2v) is 4.43. The first-order chi connectivity index (χ1) is 8.65. The van der Waals surface area contributed by atoms with Crippen molar-refractivity contribution in [3.63, 3.8) is 0 Å². The number of nitrogens with zero attached hydrogens (tertiary/aromatic N) is 3. The molecule has 0 spiro atoms. The predicted molar refractivity (Wildman–Crippen MR) is 73.8 cm³/mol. The highest BCUT2D eigenvalue weighted by Crippen LogP contribution is 2.07. The molecule has 1 aromatic rings. The lowest BCUT2D eigenvalue weighted by Crippen LogP contribution is -2.22. The molecule has 0 aliphatic carbocycles. The van der Waals surface area contributed by atoms with Gasteiger partial charge in [-0.15, -0.1) is 0 Å². The number of hydrogen-bond donors (Lipinski definition) is 1. The molecule has 0 aliphatic rings. The maximum absolute atomic E-state index is 5.04. The van der Waals surface area contributed by atoms with Crippen molar-refractivity contribution in [3.8, 4) is 0 Å². The maximum Gasteiger partial charge on any atom is 0.144 e. The highest BCUT2D eigenvalue weighted by atomic mass is 16.5. The molecule has 18 heavy (non-hydrogen) atoms. The van der Waals surface area contributed by atoms with Gasteiger partial charge in [-0.25, -0.2) is 9.97 Å². The molecule has 0 amide bonds. The zero-order chi connectivity index (χ0) is 13.4. The number of aromatic nitrogens is 2. The van der Waals surface area contributed by atoms with Crippen molar-refractivity contribution in [2.24, 2.45) is 0 Å². The lowest BCUT2D eigenvalue weighted by molar-refractivity contribution is 0.177. The smallest absolute Gasteiger partial charge is 0.144 e. The number of ether oxygens (including phenoxy) is 1. The maximum atomic E-state index is 5.04. The van der Waals surface area contributed by atoms with Crippen LogP contribution in [0, 0.1) is 6.92 Å². The van der Waals surface area contributed by atoms with Gasteiger partial charge in [-0.05, 0) is 27.3 Å². The third kappa shape index (κ3) is 5.42. The van der Waals surface area contributed by atoms with E-state index < -0.39 is 0 Å². The average molecular weight is 252 g/mol. The molecule has 0 saturated carbocycles. The van der Waals surface area contributed by atoms with Crippen molar-refractivity contribution < 1.29 is 4.74 Å². The van der Waals surface area contributed by atoms with E-state index in [1.807, 2.05) is 13.0 Å². The Kier molecular flexibility index (Phi) is 6.60. The first kappa shape index (κ1) is 14.9. The van der Waals surface area contributed by atoms with Crippen LogP contribution in [-0.2, 0) is 11.3 Å². The molecule has 0 radical (unpaired) electrons. The SMILES string of the molecule is CCNc1cc(C)nc(CN(C)CCCOC)n1. The topological polar surface area (TPSA) is 50.3 Å². The minimum Gasteiger partial charge on any atom is -0.385 e. The normalized spacial score (nSPS) is 10.9. The molecule has 0 fully saturated rings. The van der Waals surface area contributed by atoms with E-state index in [9.17, 15) is 0 Å². The highest BCUT2D eigenvalue weighted by molar-refractivity contribution is 5.35. The number of methoxy groups -OCH3 is 1. The summed E-state index contributed by atoms with van der Waals surface area (Å²) in [6.07, 6.45) is 1.03. The molecule has 1 N–H and O–H groups in total. The van der Waals surface area contributed by atoms with Crippen LogP contribution in [-0.4, -0.2) is 48.7 Å². The summed E-state index contributed by atoms with van der Waals surface area (Å²) in [5.41, 5.74) is 1.00. The predicted octanol–water partition coefficient (Wildman–Crippen LogP) is 1.69. The Morgan fingerprint density at radius 1 is 1.39 bits per heavy atom. The molecule has 0 aromatic carbocycles. The van der Waals surface area contributed by atoms with E-state index in [4.69, 9.17) is 4.74 Å².